The summed E-state index contributed by atoms with van der Waals surface area (Å²) in [6.45, 7) is 2.92. The van der Waals surface area contributed by atoms with Crippen molar-refractivity contribution in [1.82, 2.24) is 5.43 Å². The topological polar surface area (TPSA) is 58.5 Å². The largest absolute Gasteiger partial charge is 0.309 e. The lowest BCUT2D eigenvalue weighted by Gasteiger charge is -2.06. The third-order valence-corrected chi connectivity index (χ3v) is 3.77. The Morgan fingerprint density at radius 2 is 1.94 bits per heavy atom. The van der Waals surface area contributed by atoms with Crippen molar-refractivity contribution in [3.05, 3.63) is 29.8 Å². The van der Waals surface area contributed by atoms with Gasteiger partial charge in [0.1, 0.15) is 0 Å². The van der Waals surface area contributed by atoms with Crippen LogP contribution in [-0.2, 0) is 9.84 Å². The number of benzene rings is 1. The van der Waals surface area contributed by atoms with Crippen LogP contribution in [0.1, 0.15) is 12.5 Å². The Morgan fingerprint density at radius 1 is 1.31 bits per heavy atom. The molecule has 1 aliphatic rings. The summed E-state index contributed by atoms with van der Waals surface area (Å²) in [6, 6.07) is 6.86. The average Bonchev–Trinajstić information content (AvgIpc) is 2.63. The number of hydrogen-bond donors (Lipinski definition) is 1. The minimum absolute atomic E-state index is 0.343. The van der Waals surface area contributed by atoms with Crippen molar-refractivity contribution < 1.29 is 8.42 Å². The van der Waals surface area contributed by atoms with Crippen LogP contribution >= 0.6 is 0 Å². The second-order valence-corrected chi connectivity index (χ2v) is 6.07. The van der Waals surface area contributed by atoms with Gasteiger partial charge in [0, 0.05) is 18.7 Å². The summed E-state index contributed by atoms with van der Waals surface area (Å²) in [4.78, 5) is 0.343. The molecule has 0 saturated carbocycles. The number of hydrazone groups is 1. The van der Waals surface area contributed by atoms with E-state index in [4.69, 9.17) is 0 Å². The molecule has 0 amide bonds. The predicted octanol–water partition coefficient (Wildman–Crippen LogP) is 1.03. The van der Waals surface area contributed by atoms with E-state index in [1.54, 1.807) is 24.3 Å². The first-order valence-corrected chi connectivity index (χ1v) is 6.98. The molecule has 4 nitrogen and oxygen atoms in total. The predicted molar refractivity (Wildman–Crippen MR) is 63.3 cm³/mol. The van der Waals surface area contributed by atoms with E-state index in [0.29, 0.717) is 10.8 Å². The van der Waals surface area contributed by atoms with Crippen LogP contribution < -0.4 is 5.43 Å². The van der Waals surface area contributed by atoms with Crippen molar-refractivity contribution in [3.63, 3.8) is 0 Å². The Bertz CT molecular complexity index is 517. The van der Waals surface area contributed by atoms with E-state index in [0.717, 1.165) is 17.8 Å². The standard InChI is InChI=1S/C11H14N2O2S/c1-8-7-12-13-11(8)9-3-5-10(6-4-9)16(2,14)15/h3-6,8,12H,7H2,1-2H3. The molecular formula is C11H14N2O2S. The molecule has 1 atom stereocenters. The SMILES string of the molecule is CC1CNN=C1c1ccc(S(C)(=O)=O)cc1. The van der Waals surface area contributed by atoms with Crippen LogP contribution in [0.25, 0.3) is 0 Å². The third-order valence-electron chi connectivity index (χ3n) is 2.64. The van der Waals surface area contributed by atoms with Gasteiger partial charge in [-0.2, -0.15) is 5.10 Å². The highest BCUT2D eigenvalue weighted by molar-refractivity contribution is 7.90. The van der Waals surface area contributed by atoms with Gasteiger partial charge in [0.05, 0.1) is 10.6 Å². The lowest BCUT2D eigenvalue weighted by molar-refractivity contribution is 0.602. The molecule has 1 aromatic carbocycles. The van der Waals surface area contributed by atoms with Crippen LogP contribution in [0.4, 0.5) is 0 Å². The smallest absolute Gasteiger partial charge is 0.175 e. The van der Waals surface area contributed by atoms with E-state index in [9.17, 15) is 8.42 Å². The Hall–Kier alpha value is -1.36. The van der Waals surface area contributed by atoms with Gasteiger partial charge in [-0.05, 0) is 17.7 Å². The monoisotopic (exact) mass is 238 g/mol. The number of nitrogens with one attached hydrogen (secondary N) is 1. The van der Waals surface area contributed by atoms with Crippen molar-refractivity contribution in [2.75, 3.05) is 12.8 Å². The summed E-state index contributed by atoms with van der Waals surface area (Å²) < 4.78 is 22.6. The van der Waals surface area contributed by atoms with Gasteiger partial charge < -0.3 is 5.43 Å². The third kappa shape index (κ3) is 2.09. The lowest BCUT2D eigenvalue weighted by atomic mass is 10.00. The zero-order chi connectivity index (χ0) is 11.8. The van der Waals surface area contributed by atoms with Gasteiger partial charge in [0.15, 0.2) is 9.84 Å². The Morgan fingerprint density at radius 3 is 2.38 bits per heavy atom. The minimum Gasteiger partial charge on any atom is -0.309 e. The molecule has 1 unspecified atom stereocenters. The van der Waals surface area contributed by atoms with Crippen LogP contribution in [-0.4, -0.2) is 26.9 Å². The van der Waals surface area contributed by atoms with Gasteiger partial charge in [-0.15, -0.1) is 0 Å². The van der Waals surface area contributed by atoms with Gasteiger partial charge in [0.2, 0.25) is 0 Å². The summed E-state index contributed by atoms with van der Waals surface area (Å²) in [5.74, 6) is 0.365. The van der Waals surface area contributed by atoms with Crippen LogP contribution in [0.5, 0.6) is 0 Å². The van der Waals surface area contributed by atoms with E-state index in [1.165, 1.54) is 6.26 Å². The summed E-state index contributed by atoms with van der Waals surface area (Å²) in [7, 11) is -3.11. The van der Waals surface area contributed by atoms with Crippen molar-refractivity contribution >= 4 is 15.5 Å². The fourth-order valence-corrected chi connectivity index (χ4v) is 2.33. The molecule has 16 heavy (non-hydrogen) atoms. The van der Waals surface area contributed by atoms with Crippen LogP contribution in [0.2, 0.25) is 0 Å². The maximum atomic E-state index is 11.3. The first kappa shape index (κ1) is 11.1. The van der Waals surface area contributed by atoms with Crippen molar-refractivity contribution in [1.29, 1.82) is 0 Å². The maximum Gasteiger partial charge on any atom is 0.175 e. The van der Waals surface area contributed by atoms with E-state index >= 15 is 0 Å². The summed E-state index contributed by atoms with van der Waals surface area (Å²) >= 11 is 0. The minimum atomic E-state index is -3.11. The van der Waals surface area contributed by atoms with E-state index < -0.39 is 9.84 Å². The highest BCUT2D eigenvalue weighted by atomic mass is 32.2. The highest BCUT2D eigenvalue weighted by Gasteiger charge is 2.18. The molecule has 2 rings (SSSR count). The summed E-state index contributed by atoms with van der Waals surface area (Å²) in [5, 5.41) is 4.20. The van der Waals surface area contributed by atoms with E-state index in [2.05, 4.69) is 17.5 Å². The van der Waals surface area contributed by atoms with Gasteiger partial charge in [-0.1, -0.05) is 19.1 Å². The molecule has 86 valence electrons. The van der Waals surface area contributed by atoms with Crippen LogP contribution in [0.15, 0.2) is 34.3 Å². The maximum absolute atomic E-state index is 11.3. The van der Waals surface area contributed by atoms with Crippen molar-refractivity contribution in [3.8, 4) is 0 Å². The molecular weight excluding hydrogens is 224 g/mol. The Labute approximate surface area is 95.3 Å². The van der Waals surface area contributed by atoms with E-state index in [-0.39, 0.29) is 0 Å². The molecule has 5 heteroatoms. The molecule has 0 bridgehead atoms. The molecule has 0 aromatic heterocycles. The van der Waals surface area contributed by atoms with Crippen molar-refractivity contribution in [2.45, 2.75) is 11.8 Å². The average molecular weight is 238 g/mol. The quantitative estimate of drug-likeness (QED) is 0.837. The first-order chi connectivity index (χ1) is 7.48. The molecule has 1 aliphatic heterocycles. The molecule has 0 spiro atoms. The van der Waals surface area contributed by atoms with Gasteiger partial charge in [0.25, 0.3) is 0 Å². The molecule has 0 radical (unpaired) electrons. The summed E-state index contributed by atoms with van der Waals surface area (Å²) in [6.07, 6.45) is 1.21. The normalized spacial score (nSPS) is 20.4. The first-order valence-electron chi connectivity index (χ1n) is 5.09. The number of nitrogens with zero attached hydrogens (tertiary/aromatic N) is 1. The Kier molecular flexibility index (Phi) is 2.71. The Balaban J connectivity index is 2.33. The van der Waals surface area contributed by atoms with Crippen LogP contribution in [0, 0.1) is 5.92 Å². The molecule has 0 saturated heterocycles. The number of sulfone groups is 1. The van der Waals surface area contributed by atoms with Gasteiger partial charge in [-0.3, -0.25) is 0 Å². The number of hydrogen-bond acceptors (Lipinski definition) is 4. The van der Waals surface area contributed by atoms with Gasteiger partial charge >= 0.3 is 0 Å². The molecule has 1 N–H and O–H groups in total. The second-order valence-electron chi connectivity index (χ2n) is 4.06. The lowest BCUT2D eigenvalue weighted by Crippen LogP contribution is -2.12. The highest BCUT2D eigenvalue weighted by Crippen LogP contribution is 2.16. The van der Waals surface area contributed by atoms with Crippen molar-refractivity contribution in [2.24, 2.45) is 11.0 Å². The van der Waals surface area contributed by atoms with Gasteiger partial charge in [-0.25, -0.2) is 8.42 Å². The number of rotatable bonds is 2. The van der Waals surface area contributed by atoms with Crippen LogP contribution in [0.3, 0.4) is 0 Å². The van der Waals surface area contributed by atoms with E-state index in [1.807, 2.05) is 0 Å². The fourth-order valence-electron chi connectivity index (χ4n) is 1.70. The molecule has 0 fully saturated rings. The molecule has 1 aromatic rings. The zero-order valence-electron chi connectivity index (χ0n) is 9.27. The zero-order valence-corrected chi connectivity index (χ0v) is 10.1. The molecule has 0 aliphatic carbocycles. The second kappa shape index (κ2) is 3.90. The molecule has 1 heterocycles. The summed E-state index contributed by atoms with van der Waals surface area (Å²) in [5.41, 5.74) is 4.90. The fraction of sp³-hybridized carbons (Fsp3) is 0.364.